The average molecular weight is 548 g/mol. The third-order valence-electron chi connectivity index (χ3n) is 7.13. The number of hydrogen-bond acceptors (Lipinski definition) is 9. The van der Waals surface area contributed by atoms with Gasteiger partial charge in [-0.25, -0.2) is 0 Å². The molecule has 39 heavy (non-hydrogen) atoms. The lowest BCUT2D eigenvalue weighted by Crippen LogP contribution is -2.50. The molecule has 3 aliphatic heterocycles. The molecule has 2 saturated heterocycles. The molecule has 0 saturated carbocycles. The highest BCUT2D eigenvalue weighted by molar-refractivity contribution is 5.88. The third kappa shape index (κ3) is 8.86. The van der Waals surface area contributed by atoms with Crippen LogP contribution in [0.4, 0.5) is 0 Å². The zero-order chi connectivity index (χ0) is 28.7. The number of allylic oxidation sites excluding steroid dienone is 2. The maximum atomic E-state index is 12.3. The third-order valence-corrected chi connectivity index (χ3v) is 7.13. The Balaban J connectivity index is 1.54. The number of aliphatic hydroxyl groups is 1. The van der Waals surface area contributed by atoms with E-state index >= 15 is 0 Å². The average Bonchev–Trinajstić information content (AvgIpc) is 3.64. The minimum atomic E-state index is -0.810. The van der Waals surface area contributed by atoms with Crippen molar-refractivity contribution in [2.45, 2.75) is 102 Å². The van der Waals surface area contributed by atoms with Gasteiger partial charge in [-0.15, -0.1) is 0 Å². The topological polar surface area (TPSA) is 133 Å². The molecule has 216 valence electrons. The number of rotatable bonds is 10. The number of epoxide rings is 1. The maximum Gasteiger partial charge on any atom is 0.308 e. The Morgan fingerprint density at radius 1 is 1.26 bits per heavy atom. The van der Waals surface area contributed by atoms with Gasteiger partial charge in [0.05, 0.1) is 44.5 Å². The molecule has 0 bridgehead atoms. The zero-order valence-corrected chi connectivity index (χ0v) is 23.5. The number of carbonyl (C=O) groups excluding carboxylic acids is 3. The Morgan fingerprint density at radius 2 is 1.97 bits per heavy atom. The SMILES string of the molecule is COC(=O)C[C@@H]1C[C@@]2(CO2)[C@H](O)[C@@H](/C=C/C(C)=C\C[C@@H]2O[C@H](C)[C@H](NC(=O)/C=C\[C@H](C)OC(C)=O)C=C2C)O1. The van der Waals surface area contributed by atoms with Crippen molar-refractivity contribution in [2.75, 3.05) is 13.7 Å². The van der Waals surface area contributed by atoms with Gasteiger partial charge >= 0.3 is 11.9 Å². The highest BCUT2D eigenvalue weighted by Gasteiger charge is 2.58. The quantitative estimate of drug-likeness (QED) is 0.139. The van der Waals surface area contributed by atoms with Crippen LogP contribution >= 0.6 is 0 Å². The second-order valence-corrected chi connectivity index (χ2v) is 10.5. The number of aliphatic hydroxyl groups excluding tert-OH is 1. The molecule has 1 amide bonds. The fraction of sp³-hybridized carbons (Fsp3) is 0.621. The van der Waals surface area contributed by atoms with Crippen LogP contribution in [0.2, 0.25) is 0 Å². The Kier molecular flexibility index (Phi) is 10.7. The molecule has 3 heterocycles. The first-order valence-corrected chi connectivity index (χ1v) is 13.3. The summed E-state index contributed by atoms with van der Waals surface area (Å²) in [5, 5.41) is 13.7. The molecule has 1 spiro atoms. The van der Waals surface area contributed by atoms with E-state index in [-0.39, 0.29) is 42.7 Å². The minimum Gasteiger partial charge on any atom is -0.469 e. The first-order valence-electron chi connectivity index (χ1n) is 13.3. The second-order valence-electron chi connectivity index (χ2n) is 10.5. The molecule has 0 aromatic carbocycles. The molecule has 10 heteroatoms. The Labute approximate surface area is 230 Å². The van der Waals surface area contributed by atoms with Crippen LogP contribution in [0.3, 0.4) is 0 Å². The van der Waals surface area contributed by atoms with Crippen LogP contribution in [0.5, 0.6) is 0 Å². The minimum absolute atomic E-state index is 0.113. The van der Waals surface area contributed by atoms with Gasteiger partial charge in [0, 0.05) is 19.4 Å². The molecule has 0 aliphatic carbocycles. The molecule has 0 aromatic rings. The van der Waals surface area contributed by atoms with Gasteiger partial charge in [0.1, 0.15) is 23.9 Å². The van der Waals surface area contributed by atoms with Gasteiger partial charge in [-0.3, -0.25) is 14.4 Å². The Morgan fingerprint density at radius 3 is 2.62 bits per heavy atom. The number of esters is 2. The van der Waals surface area contributed by atoms with E-state index < -0.39 is 29.9 Å². The van der Waals surface area contributed by atoms with Crippen LogP contribution in [0.1, 0.15) is 53.9 Å². The normalized spacial score (nSPS) is 33.6. The first-order chi connectivity index (χ1) is 18.4. The summed E-state index contributed by atoms with van der Waals surface area (Å²) in [5.74, 6) is -1.06. The van der Waals surface area contributed by atoms with Crippen molar-refractivity contribution in [3.05, 3.63) is 47.6 Å². The Bertz CT molecular complexity index is 1030. The fourth-order valence-electron chi connectivity index (χ4n) is 4.79. The summed E-state index contributed by atoms with van der Waals surface area (Å²) in [5.41, 5.74) is 1.33. The van der Waals surface area contributed by atoms with E-state index in [0.29, 0.717) is 19.4 Å². The summed E-state index contributed by atoms with van der Waals surface area (Å²) in [6, 6.07) is -0.285. The summed E-state index contributed by atoms with van der Waals surface area (Å²) in [7, 11) is 1.34. The fourth-order valence-corrected chi connectivity index (χ4v) is 4.79. The van der Waals surface area contributed by atoms with E-state index in [2.05, 4.69) is 5.32 Å². The number of nitrogens with one attached hydrogen (secondary N) is 1. The standard InChI is InChI=1S/C29H41NO9/c1-17(8-11-25-28(34)29(16-36-29)15-22(39-25)14-27(33)35-6)7-10-24-18(2)13-23(20(4)38-24)30-26(32)12-9-19(3)37-21(5)31/h7-9,11-13,19-20,22-25,28,34H,10,14-16H2,1-6H3,(H,30,32)/b11-8+,12-9-,17-7-/t19-,20+,22+,23+,24-,25+,28+,29+/m0/s1. The van der Waals surface area contributed by atoms with Crippen LogP contribution in [-0.4, -0.2) is 84.9 Å². The van der Waals surface area contributed by atoms with Crippen molar-refractivity contribution >= 4 is 17.8 Å². The summed E-state index contributed by atoms with van der Waals surface area (Å²) in [4.78, 5) is 35.0. The number of ether oxygens (including phenoxy) is 5. The van der Waals surface area contributed by atoms with Gasteiger partial charge in [0.15, 0.2) is 0 Å². The number of methoxy groups -OCH3 is 1. The lowest BCUT2D eigenvalue weighted by Gasteiger charge is -2.36. The molecular weight excluding hydrogens is 506 g/mol. The van der Waals surface area contributed by atoms with Crippen molar-refractivity contribution in [3.8, 4) is 0 Å². The Hall–Kier alpha value is -2.79. The maximum absolute atomic E-state index is 12.3. The first kappa shape index (κ1) is 30.7. The summed E-state index contributed by atoms with van der Waals surface area (Å²) in [6.07, 6.45) is 9.18. The van der Waals surface area contributed by atoms with E-state index in [1.807, 2.05) is 39.0 Å². The van der Waals surface area contributed by atoms with Crippen LogP contribution in [0, 0.1) is 0 Å². The van der Waals surface area contributed by atoms with Crippen molar-refractivity contribution < 1.29 is 43.2 Å². The van der Waals surface area contributed by atoms with Crippen LogP contribution in [-0.2, 0) is 38.1 Å². The van der Waals surface area contributed by atoms with Crippen LogP contribution in [0.15, 0.2) is 47.6 Å². The molecule has 0 unspecified atom stereocenters. The molecule has 3 aliphatic rings. The van der Waals surface area contributed by atoms with Gasteiger partial charge in [0.25, 0.3) is 0 Å². The molecule has 0 radical (unpaired) electrons. The number of hydrogen-bond donors (Lipinski definition) is 2. The van der Waals surface area contributed by atoms with Crippen molar-refractivity contribution in [3.63, 3.8) is 0 Å². The van der Waals surface area contributed by atoms with E-state index in [4.69, 9.17) is 23.7 Å². The molecule has 2 N–H and O–H groups in total. The molecule has 8 atom stereocenters. The predicted octanol–water partition coefficient (Wildman–Crippen LogP) is 2.46. The van der Waals surface area contributed by atoms with E-state index in [0.717, 1.165) is 11.1 Å². The molecule has 0 aromatic heterocycles. The van der Waals surface area contributed by atoms with E-state index in [9.17, 15) is 19.5 Å². The van der Waals surface area contributed by atoms with Crippen LogP contribution < -0.4 is 5.32 Å². The molecule has 3 rings (SSSR count). The largest absolute Gasteiger partial charge is 0.469 e. The van der Waals surface area contributed by atoms with Gasteiger partial charge in [0.2, 0.25) is 5.91 Å². The summed E-state index contributed by atoms with van der Waals surface area (Å²) in [6.45, 7) is 9.28. The highest BCUT2D eigenvalue weighted by atomic mass is 16.6. The number of amides is 1. The van der Waals surface area contributed by atoms with Gasteiger partial charge < -0.3 is 34.1 Å². The lowest BCUT2D eigenvalue weighted by molar-refractivity contribution is -0.157. The zero-order valence-electron chi connectivity index (χ0n) is 23.5. The monoisotopic (exact) mass is 547 g/mol. The lowest BCUT2D eigenvalue weighted by atomic mass is 9.87. The molecule has 2 fully saturated rings. The molecular formula is C29H41NO9. The number of carbonyl (C=O) groups is 3. The summed E-state index contributed by atoms with van der Waals surface area (Å²) < 4.78 is 27.4. The molecule has 10 nitrogen and oxygen atoms in total. The van der Waals surface area contributed by atoms with Gasteiger partial charge in [-0.1, -0.05) is 29.9 Å². The van der Waals surface area contributed by atoms with Crippen molar-refractivity contribution in [2.24, 2.45) is 0 Å². The van der Waals surface area contributed by atoms with E-state index in [1.165, 1.54) is 26.2 Å². The van der Waals surface area contributed by atoms with Crippen molar-refractivity contribution in [1.82, 2.24) is 5.32 Å². The second kappa shape index (κ2) is 13.5. The van der Waals surface area contributed by atoms with Crippen LogP contribution in [0.25, 0.3) is 0 Å². The van der Waals surface area contributed by atoms with Gasteiger partial charge in [-0.05, 0) is 45.8 Å². The van der Waals surface area contributed by atoms with E-state index in [1.54, 1.807) is 13.0 Å². The highest BCUT2D eigenvalue weighted by Crippen LogP contribution is 2.43. The smallest absolute Gasteiger partial charge is 0.308 e. The predicted molar refractivity (Wildman–Crippen MR) is 143 cm³/mol. The van der Waals surface area contributed by atoms with Crippen molar-refractivity contribution in [1.29, 1.82) is 0 Å². The van der Waals surface area contributed by atoms with Gasteiger partial charge in [-0.2, -0.15) is 0 Å². The summed E-state index contributed by atoms with van der Waals surface area (Å²) >= 11 is 0.